The molecule has 96 valence electrons. The van der Waals surface area contributed by atoms with Crippen molar-refractivity contribution in [3.05, 3.63) is 35.9 Å². The molecular weight excluding hydrogens is 301 g/mol. The van der Waals surface area contributed by atoms with Gasteiger partial charge in [0, 0.05) is 17.3 Å². The van der Waals surface area contributed by atoms with E-state index in [0.717, 1.165) is 5.56 Å². The largest absolute Gasteiger partial charge is 0.445 e. The SMILES string of the molecule is O=C(OCc1ccccc1)N1C[C@H]2[C@H](F)[C@@H]1[C@@H]2Br. The summed E-state index contributed by atoms with van der Waals surface area (Å²) in [7, 11) is 0. The Bertz CT molecular complexity index is 446. The first-order chi connectivity index (χ1) is 8.68. The van der Waals surface area contributed by atoms with Crippen molar-refractivity contribution in [3.8, 4) is 0 Å². The topological polar surface area (TPSA) is 29.5 Å². The van der Waals surface area contributed by atoms with E-state index in [1.165, 1.54) is 4.90 Å². The van der Waals surface area contributed by atoms with Crippen molar-refractivity contribution in [1.29, 1.82) is 0 Å². The normalized spacial score (nSPS) is 33.1. The summed E-state index contributed by atoms with van der Waals surface area (Å²) < 4.78 is 18.7. The number of hydrogen-bond acceptors (Lipinski definition) is 2. The number of carbonyl (C=O) groups is 1. The molecule has 3 aliphatic rings. The zero-order valence-electron chi connectivity index (χ0n) is 9.63. The Morgan fingerprint density at radius 3 is 2.72 bits per heavy atom. The van der Waals surface area contributed by atoms with Crippen LogP contribution in [0.1, 0.15) is 5.56 Å². The van der Waals surface area contributed by atoms with Crippen molar-refractivity contribution >= 4 is 22.0 Å². The van der Waals surface area contributed by atoms with Crippen LogP contribution >= 0.6 is 15.9 Å². The van der Waals surface area contributed by atoms with Crippen LogP contribution < -0.4 is 0 Å². The summed E-state index contributed by atoms with van der Waals surface area (Å²) in [6.07, 6.45) is -1.32. The molecule has 3 nitrogen and oxygen atoms in total. The third kappa shape index (κ3) is 1.81. The molecule has 1 saturated carbocycles. The van der Waals surface area contributed by atoms with Gasteiger partial charge in [-0.1, -0.05) is 46.3 Å². The summed E-state index contributed by atoms with van der Waals surface area (Å²) in [5, 5.41) is 0. The Labute approximate surface area is 113 Å². The first-order valence-electron chi connectivity index (χ1n) is 5.94. The highest BCUT2D eigenvalue weighted by Crippen LogP contribution is 2.47. The lowest BCUT2D eigenvalue weighted by molar-refractivity contribution is 0.0747. The van der Waals surface area contributed by atoms with Crippen molar-refractivity contribution < 1.29 is 13.9 Å². The zero-order valence-corrected chi connectivity index (χ0v) is 11.2. The van der Waals surface area contributed by atoms with Gasteiger partial charge < -0.3 is 9.64 Å². The monoisotopic (exact) mass is 313 g/mol. The highest BCUT2D eigenvalue weighted by Gasteiger charge is 2.61. The zero-order chi connectivity index (χ0) is 12.7. The fraction of sp³-hybridized carbons (Fsp3) is 0.462. The van der Waals surface area contributed by atoms with Crippen LogP contribution in [0.3, 0.4) is 0 Å². The molecule has 1 aliphatic carbocycles. The van der Waals surface area contributed by atoms with Crippen LogP contribution in [0.5, 0.6) is 0 Å². The number of nitrogens with zero attached hydrogens (tertiary/aromatic N) is 1. The predicted molar refractivity (Wildman–Crippen MR) is 68.2 cm³/mol. The number of hydrogen-bond donors (Lipinski definition) is 0. The Morgan fingerprint density at radius 1 is 1.44 bits per heavy atom. The van der Waals surface area contributed by atoms with Crippen LogP contribution in [0, 0.1) is 5.92 Å². The molecule has 2 aliphatic heterocycles. The van der Waals surface area contributed by atoms with Gasteiger partial charge in [-0.15, -0.1) is 0 Å². The molecule has 5 heteroatoms. The minimum Gasteiger partial charge on any atom is -0.445 e. The number of halogens is 2. The molecule has 0 radical (unpaired) electrons. The van der Waals surface area contributed by atoms with Crippen LogP contribution in [0.2, 0.25) is 0 Å². The summed E-state index contributed by atoms with van der Waals surface area (Å²) in [5.41, 5.74) is 0.935. The van der Waals surface area contributed by atoms with E-state index in [1.807, 2.05) is 30.3 Å². The van der Waals surface area contributed by atoms with Gasteiger partial charge in [0.1, 0.15) is 12.8 Å². The second kappa shape index (κ2) is 4.53. The third-order valence-corrected chi connectivity index (χ3v) is 4.90. The summed E-state index contributed by atoms with van der Waals surface area (Å²) in [6.45, 7) is 0.687. The van der Waals surface area contributed by atoms with Gasteiger partial charge in [0.2, 0.25) is 0 Å². The second-order valence-electron chi connectivity index (χ2n) is 4.74. The van der Waals surface area contributed by atoms with Gasteiger partial charge in [0.25, 0.3) is 0 Å². The number of benzene rings is 1. The van der Waals surface area contributed by atoms with E-state index in [9.17, 15) is 9.18 Å². The number of amides is 1. The smallest absolute Gasteiger partial charge is 0.410 e. The fourth-order valence-corrected chi connectivity index (χ4v) is 3.64. The maximum atomic E-state index is 13.5. The Kier molecular flexibility index (Phi) is 3.01. The molecule has 4 rings (SSSR count). The van der Waals surface area contributed by atoms with Gasteiger partial charge >= 0.3 is 6.09 Å². The van der Waals surface area contributed by atoms with Gasteiger partial charge in [-0.3, -0.25) is 0 Å². The van der Waals surface area contributed by atoms with Gasteiger partial charge in [0.15, 0.2) is 0 Å². The van der Waals surface area contributed by atoms with Crippen molar-refractivity contribution in [2.45, 2.75) is 23.6 Å². The Hall–Kier alpha value is -1.10. The average molecular weight is 314 g/mol. The van der Waals surface area contributed by atoms with Crippen molar-refractivity contribution in [1.82, 2.24) is 4.90 Å². The predicted octanol–water partition coefficient (Wildman–Crippen LogP) is 2.74. The molecule has 2 bridgehead atoms. The number of carbonyl (C=O) groups excluding carboxylic acids is 1. The lowest BCUT2D eigenvalue weighted by atomic mass is 9.84. The highest BCUT2D eigenvalue weighted by molar-refractivity contribution is 9.09. The average Bonchev–Trinajstić information content (AvgIpc) is 2.94. The van der Waals surface area contributed by atoms with E-state index in [1.54, 1.807) is 0 Å². The van der Waals surface area contributed by atoms with Crippen LogP contribution in [-0.2, 0) is 11.3 Å². The number of fused-ring (bicyclic) bond motifs is 1. The first kappa shape index (κ1) is 12.0. The van der Waals surface area contributed by atoms with Gasteiger partial charge in [-0.05, 0) is 5.56 Å². The van der Waals surface area contributed by atoms with Crippen LogP contribution in [0.4, 0.5) is 9.18 Å². The van der Waals surface area contributed by atoms with Gasteiger partial charge in [-0.25, -0.2) is 9.18 Å². The van der Waals surface area contributed by atoms with E-state index < -0.39 is 12.3 Å². The summed E-state index contributed by atoms with van der Waals surface area (Å²) >= 11 is 3.41. The van der Waals surface area contributed by atoms with E-state index in [4.69, 9.17) is 4.74 Å². The molecule has 2 heterocycles. The molecule has 1 aromatic rings. The van der Waals surface area contributed by atoms with E-state index in [0.29, 0.717) is 6.54 Å². The summed E-state index contributed by atoms with van der Waals surface area (Å²) in [4.78, 5) is 13.4. The molecule has 1 aromatic carbocycles. The molecule has 1 amide bonds. The Balaban J connectivity index is 1.57. The quantitative estimate of drug-likeness (QED) is 0.786. The maximum Gasteiger partial charge on any atom is 0.410 e. The lowest BCUT2D eigenvalue weighted by Crippen LogP contribution is -2.52. The molecule has 0 unspecified atom stereocenters. The molecule has 0 spiro atoms. The number of alkyl halides is 2. The fourth-order valence-electron chi connectivity index (χ4n) is 2.60. The highest BCUT2D eigenvalue weighted by atomic mass is 79.9. The molecule has 2 saturated heterocycles. The molecule has 0 aromatic heterocycles. The maximum absolute atomic E-state index is 13.5. The Morgan fingerprint density at radius 2 is 2.17 bits per heavy atom. The van der Waals surface area contributed by atoms with Crippen LogP contribution in [0.15, 0.2) is 30.3 Å². The number of ether oxygens (including phenoxy) is 1. The number of rotatable bonds is 2. The molecule has 18 heavy (non-hydrogen) atoms. The minimum atomic E-state index is -0.904. The van der Waals surface area contributed by atoms with Crippen molar-refractivity contribution in [2.24, 2.45) is 5.92 Å². The third-order valence-electron chi connectivity index (χ3n) is 3.68. The van der Waals surface area contributed by atoms with Gasteiger partial charge in [-0.2, -0.15) is 0 Å². The van der Waals surface area contributed by atoms with E-state index in [-0.39, 0.29) is 23.4 Å². The molecule has 4 atom stereocenters. The standard InChI is InChI=1S/C13H13BrFNO2/c14-10-9-6-16(12(10)11(9)15)13(17)18-7-8-4-2-1-3-5-8/h1-5,9-12H,6-7H2/t9-,10-,11+,12+/m1/s1. The second-order valence-corrected chi connectivity index (χ2v) is 5.79. The van der Waals surface area contributed by atoms with Gasteiger partial charge in [0.05, 0.1) is 6.04 Å². The summed E-state index contributed by atoms with van der Waals surface area (Å²) in [6, 6.07) is 9.12. The van der Waals surface area contributed by atoms with E-state index in [2.05, 4.69) is 15.9 Å². The van der Waals surface area contributed by atoms with Crippen molar-refractivity contribution in [3.63, 3.8) is 0 Å². The van der Waals surface area contributed by atoms with Crippen LogP contribution in [-0.4, -0.2) is 34.6 Å². The van der Waals surface area contributed by atoms with Crippen molar-refractivity contribution in [2.75, 3.05) is 6.54 Å². The van der Waals surface area contributed by atoms with E-state index >= 15 is 0 Å². The molecule has 0 N–H and O–H groups in total. The molecular formula is C13H13BrFNO2. The van der Waals surface area contributed by atoms with Crippen LogP contribution in [0.25, 0.3) is 0 Å². The minimum absolute atomic E-state index is 0.0701. The molecule has 3 fully saturated rings. The first-order valence-corrected chi connectivity index (χ1v) is 6.85. The lowest BCUT2D eigenvalue weighted by Gasteiger charge is -2.35. The summed E-state index contributed by atoms with van der Waals surface area (Å²) in [5.74, 6) is -0.0701.